The van der Waals surface area contributed by atoms with Gasteiger partial charge in [0.25, 0.3) is 0 Å². The SMILES string of the molecule is CC(C(=O)N1CCC(OCc2ccc(Cl)c(Cl)c2)CC1)C1CNC1. The van der Waals surface area contributed by atoms with Gasteiger partial charge < -0.3 is 15.0 Å². The first-order valence-electron chi connectivity index (χ1n) is 8.59. The number of hydrogen-bond donors (Lipinski definition) is 1. The summed E-state index contributed by atoms with van der Waals surface area (Å²) in [6.07, 6.45) is 1.98. The Morgan fingerprint density at radius 2 is 2.00 bits per heavy atom. The van der Waals surface area contributed by atoms with Gasteiger partial charge in [-0.05, 0) is 49.5 Å². The van der Waals surface area contributed by atoms with Crippen LogP contribution in [0.2, 0.25) is 10.0 Å². The lowest BCUT2D eigenvalue weighted by molar-refractivity contribution is -0.140. The Bertz CT molecular complexity index is 584. The van der Waals surface area contributed by atoms with Gasteiger partial charge in [-0.1, -0.05) is 36.2 Å². The summed E-state index contributed by atoms with van der Waals surface area (Å²) in [6.45, 7) is 6.09. The highest BCUT2D eigenvalue weighted by atomic mass is 35.5. The quantitative estimate of drug-likeness (QED) is 0.863. The third-order valence-electron chi connectivity index (χ3n) is 5.13. The number of rotatable bonds is 5. The summed E-state index contributed by atoms with van der Waals surface area (Å²) < 4.78 is 5.98. The molecule has 0 radical (unpaired) electrons. The number of carbonyl (C=O) groups excluding carboxylic acids is 1. The Balaban J connectivity index is 1.43. The Labute approximate surface area is 153 Å². The summed E-state index contributed by atoms with van der Waals surface area (Å²) in [5.74, 6) is 0.922. The summed E-state index contributed by atoms with van der Waals surface area (Å²) >= 11 is 11.9. The average molecular weight is 371 g/mol. The van der Waals surface area contributed by atoms with Gasteiger partial charge in [-0.2, -0.15) is 0 Å². The van der Waals surface area contributed by atoms with E-state index in [4.69, 9.17) is 27.9 Å². The molecular formula is C18H24Cl2N2O2. The molecule has 1 aromatic rings. The van der Waals surface area contributed by atoms with Crippen molar-refractivity contribution in [2.45, 2.75) is 32.5 Å². The molecule has 0 aliphatic carbocycles. The molecule has 2 aliphatic rings. The highest BCUT2D eigenvalue weighted by Crippen LogP contribution is 2.25. The first-order valence-corrected chi connectivity index (χ1v) is 9.35. The van der Waals surface area contributed by atoms with E-state index in [0.717, 1.165) is 44.6 Å². The molecule has 0 bridgehead atoms. The molecular weight excluding hydrogens is 347 g/mol. The monoisotopic (exact) mass is 370 g/mol. The summed E-state index contributed by atoms with van der Waals surface area (Å²) in [5.41, 5.74) is 1.02. The molecule has 2 aliphatic heterocycles. The minimum Gasteiger partial charge on any atom is -0.373 e. The lowest BCUT2D eigenvalue weighted by Gasteiger charge is -2.38. The van der Waals surface area contributed by atoms with Crippen LogP contribution < -0.4 is 5.32 Å². The second-order valence-electron chi connectivity index (χ2n) is 6.79. The van der Waals surface area contributed by atoms with Gasteiger partial charge in [0.2, 0.25) is 5.91 Å². The van der Waals surface area contributed by atoms with Crippen LogP contribution in [-0.2, 0) is 16.1 Å². The van der Waals surface area contributed by atoms with E-state index in [2.05, 4.69) is 12.2 Å². The third-order valence-corrected chi connectivity index (χ3v) is 5.87. The maximum atomic E-state index is 12.5. The van der Waals surface area contributed by atoms with Crippen LogP contribution in [0.15, 0.2) is 18.2 Å². The molecule has 24 heavy (non-hydrogen) atoms. The molecule has 132 valence electrons. The van der Waals surface area contributed by atoms with E-state index >= 15 is 0 Å². The van der Waals surface area contributed by atoms with Crippen LogP contribution in [0.4, 0.5) is 0 Å². The van der Waals surface area contributed by atoms with Gasteiger partial charge in [0.15, 0.2) is 0 Å². The zero-order chi connectivity index (χ0) is 17.1. The van der Waals surface area contributed by atoms with Crippen molar-refractivity contribution in [2.75, 3.05) is 26.2 Å². The largest absolute Gasteiger partial charge is 0.373 e. The van der Waals surface area contributed by atoms with Crippen LogP contribution in [0.5, 0.6) is 0 Å². The standard InChI is InChI=1S/C18H24Cl2N2O2/c1-12(14-9-21-10-14)18(23)22-6-4-15(5-7-22)24-11-13-2-3-16(19)17(20)8-13/h2-3,8,12,14-15,21H,4-7,9-11H2,1H3. The number of piperidine rings is 1. The number of ether oxygens (including phenoxy) is 1. The average Bonchev–Trinajstić information content (AvgIpc) is 2.54. The van der Waals surface area contributed by atoms with Gasteiger partial charge in [-0.25, -0.2) is 0 Å². The first kappa shape index (κ1) is 18.0. The van der Waals surface area contributed by atoms with Crippen molar-refractivity contribution in [2.24, 2.45) is 11.8 Å². The highest BCUT2D eigenvalue weighted by molar-refractivity contribution is 6.42. The molecule has 2 fully saturated rings. The fourth-order valence-corrected chi connectivity index (χ4v) is 3.56. The number of nitrogens with one attached hydrogen (secondary N) is 1. The second kappa shape index (κ2) is 8.05. The van der Waals surface area contributed by atoms with Crippen LogP contribution in [0, 0.1) is 11.8 Å². The Kier molecular flexibility index (Phi) is 6.03. The van der Waals surface area contributed by atoms with E-state index in [1.807, 2.05) is 17.0 Å². The molecule has 1 unspecified atom stereocenters. The minimum absolute atomic E-state index is 0.125. The van der Waals surface area contributed by atoms with Crippen molar-refractivity contribution < 1.29 is 9.53 Å². The molecule has 2 saturated heterocycles. The highest BCUT2D eigenvalue weighted by Gasteiger charge is 2.33. The zero-order valence-electron chi connectivity index (χ0n) is 13.9. The van der Waals surface area contributed by atoms with E-state index < -0.39 is 0 Å². The van der Waals surface area contributed by atoms with Crippen LogP contribution in [0.1, 0.15) is 25.3 Å². The molecule has 6 heteroatoms. The lowest BCUT2D eigenvalue weighted by Crippen LogP contribution is -2.52. The minimum atomic E-state index is 0.125. The lowest BCUT2D eigenvalue weighted by atomic mass is 9.87. The Hall–Kier alpha value is -0.810. The van der Waals surface area contributed by atoms with E-state index in [1.165, 1.54) is 0 Å². The van der Waals surface area contributed by atoms with Crippen LogP contribution in [0.3, 0.4) is 0 Å². The molecule has 1 atom stereocenters. The Morgan fingerprint density at radius 3 is 2.58 bits per heavy atom. The van der Waals surface area contributed by atoms with Crippen molar-refractivity contribution in [3.63, 3.8) is 0 Å². The fourth-order valence-electron chi connectivity index (χ4n) is 3.24. The van der Waals surface area contributed by atoms with Gasteiger partial charge >= 0.3 is 0 Å². The second-order valence-corrected chi connectivity index (χ2v) is 7.61. The van der Waals surface area contributed by atoms with Gasteiger partial charge in [0, 0.05) is 19.0 Å². The number of nitrogens with zero attached hydrogens (tertiary/aromatic N) is 1. The molecule has 0 aromatic heterocycles. The predicted octanol–water partition coefficient (Wildman–Crippen LogP) is 3.36. The van der Waals surface area contributed by atoms with Crippen LogP contribution in [-0.4, -0.2) is 43.1 Å². The molecule has 1 N–H and O–H groups in total. The molecule has 0 saturated carbocycles. The molecule has 2 heterocycles. The molecule has 1 amide bonds. The smallest absolute Gasteiger partial charge is 0.225 e. The summed E-state index contributed by atoms with van der Waals surface area (Å²) in [5, 5.41) is 4.35. The van der Waals surface area contributed by atoms with E-state index in [1.54, 1.807) is 6.07 Å². The van der Waals surface area contributed by atoms with Crippen molar-refractivity contribution in [1.29, 1.82) is 0 Å². The van der Waals surface area contributed by atoms with Gasteiger partial charge in [-0.15, -0.1) is 0 Å². The number of halogens is 2. The van der Waals surface area contributed by atoms with Gasteiger partial charge in [0.05, 0.1) is 22.8 Å². The predicted molar refractivity (Wildman–Crippen MR) is 96.4 cm³/mol. The molecule has 4 nitrogen and oxygen atoms in total. The normalized spacial score (nSPS) is 20.7. The summed E-state index contributed by atoms with van der Waals surface area (Å²) in [6, 6.07) is 5.57. The van der Waals surface area contributed by atoms with Crippen LogP contribution >= 0.6 is 23.2 Å². The van der Waals surface area contributed by atoms with Crippen molar-refractivity contribution in [3.8, 4) is 0 Å². The topological polar surface area (TPSA) is 41.6 Å². The number of hydrogen-bond acceptors (Lipinski definition) is 3. The molecule has 1 aromatic carbocycles. The molecule has 0 spiro atoms. The van der Waals surface area contributed by atoms with Crippen molar-refractivity contribution in [3.05, 3.63) is 33.8 Å². The number of benzene rings is 1. The number of carbonyl (C=O) groups is 1. The van der Waals surface area contributed by atoms with Crippen molar-refractivity contribution >= 4 is 29.1 Å². The summed E-state index contributed by atoms with van der Waals surface area (Å²) in [4.78, 5) is 14.5. The number of likely N-dealkylation sites (tertiary alicyclic amines) is 1. The van der Waals surface area contributed by atoms with Gasteiger partial charge in [-0.3, -0.25) is 4.79 Å². The molecule has 3 rings (SSSR count). The van der Waals surface area contributed by atoms with E-state index in [0.29, 0.717) is 28.5 Å². The maximum absolute atomic E-state index is 12.5. The first-order chi connectivity index (χ1) is 11.5. The Morgan fingerprint density at radius 1 is 1.29 bits per heavy atom. The van der Waals surface area contributed by atoms with Crippen LogP contribution in [0.25, 0.3) is 0 Å². The third kappa shape index (κ3) is 4.23. The summed E-state index contributed by atoms with van der Waals surface area (Å²) in [7, 11) is 0. The fraction of sp³-hybridized carbons (Fsp3) is 0.611. The van der Waals surface area contributed by atoms with E-state index in [9.17, 15) is 4.79 Å². The van der Waals surface area contributed by atoms with Gasteiger partial charge in [0.1, 0.15) is 0 Å². The van der Waals surface area contributed by atoms with Crippen molar-refractivity contribution in [1.82, 2.24) is 10.2 Å². The van der Waals surface area contributed by atoms with E-state index in [-0.39, 0.29) is 12.0 Å². The maximum Gasteiger partial charge on any atom is 0.225 e. The number of amides is 1. The zero-order valence-corrected chi connectivity index (χ0v) is 15.4.